The highest BCUT2D eigenvalue weighted by Gasteiger charge is 2.06. The molecule has 0 bridgehead atoms. The van der Waals surface area contributed by atoms with Crippen molar-refractivity contribution in [2.45, 2.75) is 0 Å². The summed E-state index contributed by atoms with van der Waals surface area (Å²) in [5, 5.41) is 11.1. The standard InChI is InChI=1S/C9H7ClN2OS/c1-12-9(13)6(5-11)4-7-2-3-8(10)14-7/h2-4H,1H3,(H,12,13)/b6-4+. The molecular weight excluding hydrogens is 220 g/mol. The Morgan fingerprint density at radius 1 is 1.71 bits per heavy atom. The number of carbonyl (C=O) groups is 1. The van der Waals surface area contributed by atoms with Crippen molar-refractivity contribution in [3.05, 3.63) is 26.9 Å². The first-order valence-electron chi connectivity index (χ1n) is 3.76. The van der Waals surface area contributed by atoms with E-state index in [1.165, 1.54) is 24.5 Å². The molecule has 1 aromatic rings. The van der Waals surface area contributed by atoms with Gasteiger partial charge in [-0.2, -0.15) is 5.26 Å². The van der Waals surface area contributed by atoms with Crippen LogP contribution in [0.2, 0.25) is 4.34 Å². The quantitative estimate of drug-likeness (QED) is 0.620. The zero-order valence-corrected chi connectivity index (χ0v) is 8.95. The molecule has 0 saturated heterocycles. The number of nitriles is 1. The maximum atomic E-state index is 11.1. The van der Waals surface area contributed by atoms with Crippen LogP contribution in [0, 0.1) is 11.3 Å². The van der Waals surface area contributed by atoms with Crippen LogP contribution in [0.15, 0.2) is 17.7 Å². The van der Waals surface area contributed by atoms with Gasteiger partial charge in [-0.05, 0) is 18.2 Å². The number of nitrogens with zero attached hydrogens (tertiary/aromatic N) is 1. The lowest BCUT2D eigenvalue weighted by molar-refractivity contribution is -0.116. The molecule has 1 heterocycles. The summed E-state index contributed by atoms with van der Waals surface area (Å²) in [6, 6.07) is 5.30. The molecule has 0 aliphatic heterocycles. The number of halogens is 1. The van der Waals surface area contributed by atoms with E-state index >= 15 is 0 Å². The van der Waals surface area contributed by atoms with Gasteiger partial charge in [0.25, 0.3) is 5.91 Å². The number of hydrogen-bond donors (Lipinski definition) is 1. The molecule has 0 aliphatic rings. The second-order valence-corrected chi connectivity index (χ2v) is 4.14. The van der Waals surface area contributed by atoms with E-state index in [9.17, 15) is 4.79 Å². The molecule has 72 valence electrons. The summed E-state index contributed by atoms with van der Waals surface area (Å²) in [6.45, 7) is 0. The fraction of sp³-hybridized carbons (Fsp3) is 0.111. The summed E-state index contributed by atoms with van der Waals surface area (Å²) in [7, 11) is 1.48. The molecular formula is C9H7ClN2OS. The number of amides is 1. The van der Waals surface area contributed by atoms with Crippen LogP contribution in [0.25, 0.3) is 6.08 Å². The normalized spacial score (nSPS) is 10.8. The number of hydrogen-bond acceptors (Lipinski definition) is 3. The Labute approximate surface area is 90.6 Å². The van der Waals surface area contributed by atoms with E-state index in [-0.39, 0.29) is 5.57 Å². The van der Waals surface area contributed by atoms with E-state index in [4.69, 9.17) is 16.9 Å². The highest BCUT2D eigenvalue weighted by Crippen LogP contribution is 2.23. The smallest absolute Gasteiger partial charge is 0.261 e. The summed E-state index contributed by atoms with van der Waals surface area (Å²) < 4.78 is 0.630. The van der Waals surface area contributed by atoms with Gasteiger partial charge in [-0.25, -0.2) is 0 Å². The van der Waals surface area contributed by atoms with E-state index in [0.717, 1.165) is 4.88 Å². The zero-order valence-electron chi connectivity index (χ0n) is 7.37. The van der Waals surface area contributed by atoms with Gasteiger partial charge >= 0.3 is 0 Å². The Morgan fingerprint density at radius 3 is 2.86 bits per heavy atom. The Bertz CT molecular complexity index is 417. The number of carbonyl (C=O) groups excluding carboxylic acids is 1. The van der Waals surface area contributed by atoms with E-state index in [0.29, 0.717) is 4.34 Å². The molecule has 0 saturated carbocycles. The predicted octanol–water partition coefficient (Wildman–Crippen LogP) is 2.05. The first-order valence-corrected chi connectivity index (χ1v) is 4.96. The Morgan fingerprint density at radius 2 is 2.43 bits per heavy atom. The molecule has 3 nitrogen and oxygen atoms in total. The average molecular weight is 227 g/mol. The third-order valence-corrected chi connectivity index (χ3v) is 2.65. The highest BCUT2D eigenvalue weighted by molar-refractivity contribution is 7.17. The van der Waals surface area contributed by atoms with Gasteiger partial charge in [-0.3, -0.25) is 4.79 Å². The molecule has 0 aliphatic carbocycles. The number of likely N-dealkylation sites (N-methyl/N-ethyl adjacent to an activating group) is 1. The third kappa shape index (κ3) is 2.59. The molecule has 0 unspecified atom stereocenters. The Hall–Kier alpha value is -1.31. The first-order chi connectivity index (χ1) is 6.67. The van der Waals surface area contributed by atoms with Crippen molar-refractivity contribution in [2.24, 2.45) is 0 Å². The molecule has 0 aromatic carbocycles. The van der Waals surface area contributed by atoms with E-state index in [2.05, 4.69) is 5.32 Å². The lowest BCUT2D eigenvalue weighted by Gasteiger charge is -1.94. The molecule has 1 aromatic heterocycles. The maximum absolute atomic E-state index is 11.1. The second-order valence-electron chi connectivity index (χ2n) is 2.39. The van der Waals surface area contributed by atoms with Crippen molar-refractivity contribution in [3.63, 3.8) is 0 Å². The summed E-state index contributed by atoms with van der Waals surface area (Å²) in [5.41, 5.74) is 0.0750. The molecule has 0 spiro atoms. The monoisotopic (exact) mass is 226 g/mol. The van der Waals surface area contributed by atoms with Crippen LogP contribution in [0.1, 0.15) is 4.88 Å². The molecule has 0 fully saturated rings. The van der Waals surface area contributed by atoms with Gasteiger partial charge in [0.1, 0.15) is 11.6 Å². The van der Waals surface area contributed by atoms with Crippen molar-refractivity contribution in [1.82, 2.24) is 5.32 Å². The lowest BCUT2D eigenvalue weighted by atomic mass is 10.2. The van der Waals surface area contributed by atoms with Gasteiger partial charge in [0.05, 0.1) is 4.34 Å². The minimum atomic E-state index is -0.392. The van der Waals surface area contributed by atoms with E-state index < -0.39 is 5.91 Å². The van der Waals surface area contributed by atoms with Crippen LogP contribution < -0.4 is 5.32 Å². The maximum Gasteiger partial charge on any atom is 0.261 e. The topological polar surface area (TPSA) is 52.9 Å². The van der Waals surface area contributed by atoms with Crippen LogP contribution in [-0.2, 0) is 4.79 Å². The van der Waals surface area contributed by atoms with Crippen molar-refractivity contribution < 1.29 is 4.79 Å². The van der Waals surface area contributed by atoms with Crippen LogP contribution in [0.3, 0.4) is 0 Å². The number of rotatable bonds is 2. The number of thiophene rings is 1. The van der Waals surface area contributed by atoms with Crippen molar-refractivity contribution in [3.8, 4) is 6.07 Å². The van der Waals surface area contributed by atoms with E-state index in [1.807, 2.05) is 6.07 Å². The summed E-state index contributed by atoms with van der Waals surface area (Å²) in [5.74, 6) is -0.392. The Balaban J connectivity index is 2.96. The number of nitrogens with one attached hydrogen (secondary N) is 1. The van der Waals surface area contributed by atoms with Crippen molar-refractivity contribution in [2.75, 3.05) is 7.05 Å². The first kappa shape index (κ1) is 10.8. The summed E-state index contributed by atoms with van der Waals surface area (Å²) >= 11 is 7.02. The summed E-state index contributed by atoms with van der Waals surface area (Å²) in [6.07, 6.45) is 1.51. The Kier molecular flexibility index (Phi) is 3.69. The van der Waals surface area contributed by atoms with Crippen LogP contribution in [0.5, 0.6) is 0 Å². The third-order valence-electron chi connectivity index (χ3n) is 1.47. The zero-order chi connectivity index (χ0) is 10.6. The minimum absolute atomic E-state index is 0.0750. The molecule has 14 heavy (non-hydrogen) atoms. The highest BCUT2D eigenvalue weighted by atomic mass is 35.5. The second kappa shape index (κ2) is 4.80. The SMILES string of the molecule is CNC(=O)/C(C#N)=C/c1ccc(Cl)s1. The minimum Gasteiger partial charge on any atom is -0.354 e. The fourth-order valence-corrected chi connectivity index (χ4v) is 1.84. The van der Waals surface area contributed by atoms with Gasteiger partial charge in [-0.1, -0.05) is 11.6 Å². The molecule has 1 rings (SSSR count). The molecule has 5 heteroatoms. The molecule has 0 atom stereocenters. The lowest BCUT2D eigenvalue weighted by Crippen LogP contribution is -2.18. The molecule has 1 N–H and O–H groups in total. The van der Waals surface area contributed by atoms with E-state index in [1.54, 1.807) is 12.1 Å². The van der Waals surface area contributed by atoms with Crippen LogP contribution >= 0.6 is 22.9 Å². The molecule has 0 radical (unpaired) electrons. The van der Waals surface area contributed by atoms with Gasteiger partial charge in [0.15, 0.2) is 0 Å². The summed E-state index contributed by atoms with van der Waals surface area (Å²) in [4.78, 5) is 11.9. The molecule has 1 amide bonds. The van der Waals surface area contributed by atoms with Crippen LogP contribution in [-0.4, -0.2) is 13.0 Å². The van der Waals surface area contributed by atoms with Gasteiger partial charge in [0.2, 0.25) is 0 Å². The van der Waals surface area contributed by atoms with Crippen LogP contribution in [0.4, 0.5) is 0 Å². The average Bonchev–Trinajstić information content (AvgIpc) is 2.59. The van der Waals surface area contributed by atoms with Crippen molar-refractivity contribution >= 4 is 34.9 Å². The van der Waals surface area contributed by atoms with Crippen molar-refractivity contribution in [1.29, 1.82) is 5.26 Å². The largest absolute Gasteiger partial charge is 0.354 e. The predicted molar refractivity (Wildman–Crippen MR) is 57.0 cm³/mol. The fourth-order valence-electron chi connectivity index (χ4n) is 0.831. The van der Waals surface area contributed by atoms with Gasteiger partial charge < -0.3 is 5.32 Å². The van der Waals surface area contributed by atoms with Gasteiger partial charge in [0, 0.05) is 11.9 Å². The van der Waals surface area contributed by atoms with Gasteiger partial charge in [-0.15, -0.1) is 11.3 Å².